The third-order valence-electron chi connectivity index (χ3n) is 2.94. The number of carbonyl (C=O) groups excluding carboxylic acids is 1. The first kappa shape index (κ1) is 13.0. The third kappa shape index (κ3) is 2.97. The van der Waals surface area contributed by atoms with E-state index in [-0.39, 0.29) is 5.78 Å². The second-order valence-corrected chi connectivity index (χ2v) is 4.34. The van der Waals surface area contributed by atoms with Gasteiger partial charge in [0, 0.05) is 24.4 Å². The molecule has 2 aromatic heterocycles. The summed E-state index contributed by atoms with van der Waals surface area (Å²) in [7, 11) is 0. The molecule has 21 heavy (non-hydrogen) atoms. The van der Waals surface area contributed by atoms with Crippen LogP contribution < -0.4 is 0 Å². The summed E-state index contributed by atoms with van der Waals surface area (Å²) < 4.78 is 1.54. The van der Waals surface area contributed by atoms with E-state index in [0.29, 0.717) is 30.2 Å². The molecular formula is C14H12N6O. The van der Waals surface area contributed by atoms with E-state index in [9.17, 15) is 4.79 Å². The Bertz CT molecular complexity index is 725. The smallest absolute Gasteiger partial charge is 0.219 e. The second-order valence-electron chi connectivity index (χ2n) is 4.34. The Hall–Kier alpha value is -2.96. The van der Waals surface area contributed by atoms with E-state index in [1.54, 1.807) is 30.6 Å². The number of aromatic nitrogens is 6. The van der Waals surface area contributed by atoms with Gasteiger partial charge in [-0.2, -0.15) is 0 Å². The summed E-state index contributed by atoms with van der Waals surface area (Å²) in [4.78, 5) is 20.3. The van der Waals surface area contributed by atoms with Crippen LogP contribution in [0, 0.1) is 0 Å². The van der Waals surface area contributed by atoms with E-state index < -0.39 is 0 Å². The Morgan fingerprint density at radius 1 is 1.05 bits per heavy atom. The van der Waals surface area contributed by atoms with E-state index in [4.69, 9.17) is 0 Å². The molecule has 0 fully saturated rings. The SMILES string of the molecule is O=C(CCn1nnnc1-c1ncccn1)c1ccccc1. The number of carbonyl (C=O) groups is 1. The van der Waals surface area contributed by atoms with Crippen molar-refractivity contribution in [3.63, 3.8) is 0 Å². The summed E-state index contributed by atoms with van der Waals surface area (Å²) in [5.41, 5.74) is 0.683. The standard InChI is InChI=1S/C14H12N6O/c21-12(11-5-2-1-3-6-11)7-10-20-14(17-18-19-20)13-15-8-4-9-16-13/h1-6,8-9H,7,10H2. The van der Waals surface area contributed by atoms with Crippen molar-refractivity contribution in [2.24, 2.45) is 0 Å². The monoisotopic (exact) mass is 280 g/mol. The number of nitrogens with zero attached hydrogens (tertiary/aromatic N) is 6. The second kappa shape index (κ2) is 6.00. The van der Waals surface area contributed by atoms with Crippen molar-refractivity contribution >= 4 is 5.78 Å². The van der Waals surface area contributed by atoms with Gasteiger partial charge in [0.15, 0.2) is 11.6 Å². The Balaban J connectivity index is 1.73. The van der Waals surface area contributed by atoms with Crippen LogP contribution in [0.15, 0.2) is 48.8 Å². The highest BCUT2D eigenvalue weighted by atomic mass is 16.1. The lowest BCUT2D eigenvalue weighted by Gasteiger charge is -2.03. The predicted octanol–water partition coefficient (Wildman–Crippen LogP) is 1.40. The topological polar surface area (TPSA) is 86.5 Å². The number of aryl methyl sites for hydroxylation is 1. The first-order valence-electron chi connectivity index (χ1n) is 6.46. The lowest BCUT2D eigenvalue weighted by molar-refractivity contribution is 0.0975. The Labute approximate surface area is 120 Å². The molecule has 0 aliphatic heterocycles. The minimum absolute atomic E-state index is 0.0473. The molecule has 3 rings (SSSR count). The normalized spacial score (nSPS) is 10.5. The fourth-order valence-electron chi connectivity index (χ4n) is 1.91. The van der Waals surface area contributed by atoms with Crippen molar-refractivity contribution in [2.45, 2.75) is 13.0 Å². The van der Waals surface area contributed by atoms with Crippen molar-refractivity contribution in [2.75, 3.05) is 0 Å². The van der Waals surface area contributed by atoms with Crippen LogP contribution in [0.3, 0.4) is 0 Å². The van der Waals surface area contributed by atoms with Gasteiger partial charge in [0.25, 0.3) is 0 Å². The molecule has 0 aliphatic rings. The van der Waals surface area contributed by atoms with Crippen molar-refractivity contribution in [3.05, 3.63) is 54.4 Å². The molecule has 0 bridgehead atoms. The molecule has 0 amide bonds. The van der Waals surface area contributed by atoms with Gasteiger partial charge < -0.3 is 0 Å². The summed E-state index contributed by atoms with van der Waals surface area (Å²) in [5.74, 6) is 0.942. The summed E-state index contributed by atoms with van der Waals surface area (Å²) in [6.45, 7) is 0.383. The molecule has 7 heteroatoms. The predicted molar refractivity (Wildman–Crippen MR) is 74.2 cm³/mol. The van der Waals surface area contributed by atoms with E-state index in [1.165, 1.54) is 4.68 Å². The van der Waals surface area contributed by atoms with Crippen molar-refractivity contribution in [1.29, 1.82) is 0 Å². The van der Waals surface area contributed by atoms with E-state index >= 15 is 0 Å². The van der Waals surface area contributed by atoms with Crippen LogP contribution in [-0.4, -0.2) is 36.0 Å². The minimum Gasteiger partial charge on any atom is -0.294 e. The van der Waals surface area contributed by atoms with Crippen LogP contribution in [-0.2, 0) is 6.54 Å². The Kier molecular flexibility index (Phi) is 3.72. The fraction of sp³-hybridized carbons (Fsp3) is 0.143. The zero-order valence-corrected chi connectivity index (χ0v) is 11.1. The highest BCUT2D eigenvalue weighted by Gasteiger charge is 2.13. The van der Waals surface area contributed by atoms with Gasteiger partial charge in [0.2, 0.25) is 5.82 Å². The molecule has 104 valence electrons. The van der Waals surface area contributed by atoms with Gasteiger partial charge in [-0.05, 0) is 16.5 Å². The summed E-state index contributed by atoms with van der Waals surface area (Å²) in [6.07, 6.45) is 3.56. The van der Waals surface area contributed by atoms with Crippen LogP contribution >= 0.6 is 0 Å². The van der Waals surface area contributed by atoms with E-state index in [1.807, 2.05) is 18.2 Å². The maximum atomic E-state index is 12.1. The zero-order valence-electron chi connectivity index (χ0n) is 11.1. The lowest BCUT2D eigenvalue weighted by Crippen LogP contribution is -2.09. The summed E-state index contributed by atoms with van der Waals surface area (Å²) in [6, 6.07) is 10.9. The molecule has 0 unspecified atom stereocenters. The number of tetrazole rings is 1. The maximum Gasteiger partial charge on any atom is 0.219 e. The molecule has 3 aromatic rings. The molecule has 0 atom stereocenters. The van der Waals surface area contributed by atoms with Crippen LogP contribution in [0.4, 0.5) is 0 Å². The van der Waals surface area contributed by atoms with E-state index in [0.717, 1.165) is 0 Å². The molecule has 0 saturated carbocycles. The van der Waals surface area contributed by atoms with Gasteiger partial charge in [-0.3, -0.25) is 4.79 Å². The molecule has 0 saturated heterocycles. The molecule has 1 aromatic carbocycles. The van der Waals surface area contributed by atoms with Crippen molar-refractivity contribution in [1.82, 2.24) is 30.2 Å². The molecule has 0 N–H and O–H groups in total. The summed E-state index contributed by atoms with van der Waals surface area (Å²) >= 11 is 0. The third-order valence-corrected chi connectivity index (χ3v) is 2.94. The summed E-state index contributed by atoms with van der Waals surface area (Å²) in [5, 5.41) is 11.4. The van der Waals surface area contributed by atoms with Gasteiger partial charge in [-0.1, -0.05) is 30.3 Å². The molecule has 2 heterocycles. The minimum atomic E-state index is 0.0473. The van der Waals surface area contributed by atoms with Crippen LogP contribution in [0.1, 0.15) is 16.8 Å². The Morgan fingerprint density at radius 3 is 2.57 bits per heavy atom. The Morgan fingerprint density at radius 2 is 1.81 bits per heavy atom. The quantitative estimate of drug-likeness (QED) is 0.657. The number of benzene rings is 1. The molecule has 7 nitrogen and oxygen atoms in total. The highest BCUT2D eigenvalue weighted by molar-refractivity contribution is 5.95. The van der Waals surface area contributed by atoms with Crippen LogP contribution in [0.5, 0.6) is 0 Å². The number of Topliss-reactive ketones (excluding diaryl/α,β-unsaturated/α-hetero) is 1. The maximum absolute atomic E-state index is 12.1. The van der Waals surface area contributed by atoms with Crippen LogP contribution in [0.2, 0.25) is 0 Å². The molecule has 0 spiro atoms. The number of hydrogen-bond acceptors (Lipinski definition) is 6. The van der Waals surface area contributed by atoms with Crippen molar-refractivity contribution in [3.8, 4) is 11.6 Å². The first-order valence-corrected chi connectivity index (χ1v) is 6.46. The zero-order chi connectivity index (χ0) is 14.5. The van der Waals surface area contributed by atoms with Crippen molar-refractivity contribution < 1.29 is 4.79 Å². The van der Waals surface area contributed by atoms with Gasteiger partial charge >= 0.3 is 0 Å². The van der Waals surface area contributed by atoms with Gasteiger partial charge in [0.05, 0.1) is 6.54 Å². The fourth-order valence-corrected chi connectivity index (χ4v) is 1.91. The number of hydrogen-bond donors (Lipinski definition) is 0. The average molecular weight is 280 g/mol. The largest absolute Gasteiger partial charge is 0.294 e. The number of rotatable bonds is 5. The lowest BCUT2D eigenvalue weighted by atomic mass is 10.1. The van der Waals surface area contributed by atoms with E-state index in [2.05, 4.69) is 25.5 Å². The molecular weight excluding hydrogens is 268 g/mol. The average Bonchev–Trinajstić information content (AvgIpc) is 3.03. The van der Waals surface area contributed by atoms with Crippen LogP contribution in [0.25, 0.3) is 11.6 Å². The first-order chi connectivity index (χ1) is 10.3. The highest BCUT2D eigenvalue weighted by Crippen LogP contribution is 2.10. The van der Waals surface area contributed by atoms with Gasteiger partial charge in [0.1, 0.15) is 0 Å². The molecule has 0 aliphatic carbocycles. The van der Waals surface area contributed by atoms with Gasteiger partial charge in [-0.25, -0.2) is 14.6 Å². The molecule has 0 radical (unpaired) electrons. The number of ketones is 1. The van der Waals surface area contributed by atoms with Gasteiger partial charge in [-0.15, -0.1) is 5.10 Å².